The smallest absolute Gasteiger partial charge is 0.183 e. The monoisotopic (exact) mass is 662 g/mol. The number of phenols is 3. The lowest BCUT2D eigenvalue weighted by molar-refractivity contribution is -0.127. The lowest BCUT2D eigenvalue weighted by Crippen LogP contribution is -2.38. The molecule has 0 heterocycles. The fraction of sp³-hybridized carbons (Fsp3) is 0.475. The van der Waals surface area contributed by atoms with Crippen LogP contribution in [0.15, 0.2) is 69.3 Å². The first kappa shape index (κ1) is 39.8. The third-order valence-electron chi connectivity index (χ3n) is 8.83. The van der Waals surface area contributed by atoms with E-state index in [9.17, 15) is 39.9 Å². The van der Waals surface area contributed by atoms with E-state index in [1.165, 1.54) is 18.1 Å². The lowest BCUT2D eigenvalue weighted by atomic mass is 9.70. The number of aliphatic hydroxyl groups is 2. The number of allylic oxidation sites excluding steroid dienone is 11. The number of aromatic hydroxyl groups is 3. The van der Waals surface area contributed by atoms with Gasteiger partial charge in [-0.1, -0.05) is 53.5 Å². The molecule has 0 radical (unpaired) electrons. The van der Waals surface area contributed by atoms with Crippen LogP contribution in [0.1, 0.15) is 129 Å². The average Bonchev–Trinajstić information content (AvgIpc) is 2.98. The fourth-order valence-electron chi connectivity index (χ4n) is 5.78. The molecule has 0 saturated heterocycles. The zero-order valence-electron chi connectivity index (χ0n) is 30.1. The van der Waals surface area contributed by atoms with Gasteiger partial charge in [-0.3, -0.25) is 14.4 Å². The van der Waals surface area contributed by atoms with Gasteiger partial charge >= 0.3 is 0 Å². The normalized spacial score (nSPS) is 17.1. The van der Waals surface area contributed by atoms with E-state index < -0.39 is 63.5 Å². The average molecular weight is 663 g/mol. The Kier molecular flexibility index (Phi) is 14.3. The molecule has 1 atom stereocenters. The minimum Gasteiger partial charge on any atom is -0.511 e. The number of Topliss-reactive ketones (excluding diaryl/α,β-unsaturated/α-hetero) is 3. The Balaban J connectivity index is 2.77. The molecule has 0 spiro atoms. The fourth-order valence-corrected chi connectivity index (χ4v) is 5.78. The second-order valence-electron chi connectivity index (χ2n) is 13.6. The number of hydrogen-bond acceptors (Lipinski definition) is 8. The minimum absolute atomic E-state index is 0.00346. The van der Waals surface area contributed by atoms with Crippen molar-refractivity contribution in [2.45, 2.75) is 120 Å². The number of ketones is 3. The summed E-state index contributed by atoms with van der Waals surface area (Å²) >= 11 is 0. The maximum Gasteiger partial charge on any atom is 0.183 e. The van der Waals surface area contributed by atoms with Crippen LogP contribution in [0, 0.1) is 5.41 Å². The van der Waals surface area contributed by atoms with Gasteiger partial charge in [0.2, 0.25) is 0 Å². The summed E-state index contributed by atoms with van der Waals surface area (Å²) in [6, 6.07) is 0. The van der Waals surface area contributed by atoms with E-state index >= 15 is 0 Å². The van der Waals surface area contributed by atoms with Gasteiger partial charge in [0, 0.05) is 29.5 Å². The summed E-state index contributed by atoms with van der Waals surface area (Å²) in [7, 11) is 0. The molecular formula is C40H54O8. The van der Waals surface area contributed by atoms with Crippen LogP contribution in [0.3, 0.4) is 0 Å². The van der Waals surface area contributed by atoms with Crippen molar-refractivity contribution in [2.24, 2.45) is 5.41 Å². The summed E-state index contributed by atoms with van der Waals surface area (Å²) in [5.74, 6) is -5.00. The number of phenolic OH excluding ortho intramolecular Hbond substituents is 3. The third-order valence-corrected chi connectivity index (χ3v) is 8.83. The van der Waals surface area contributed by atoms with Crippen molar-refractivity contribution in [1.82, 2.24) is 0 Å². The van der Waals surface area contributed by atoms with Crippen LogP contribution < -0.4 is 0 Å². The second kappa shape index (κ2) is 17.2. The van der Waals surface area contributed by atoms with Crippen LogP contribution in [-0.4, -0.2) is 42.9 Å². The third kappa shape index (κ3) is 9.39. The molecule has 0 amide bonds. The second-order valence-corrected chi connectivity index (χ2v) is 13.6. The van der Waals surface area contributed by atoms with Gasteiger partial charge in [-0.2, -0.15) is 0 Å². The molecule has 8 heteroatoms. The summed E-state index contributed by atoms with van der Waals surface area (Å²) < 4.78 is 0. The predicted molar refractivity (Wildman–Crippen MR) is 191 cm³/mol. The molecule has 48 heavy (non-hydrogen) atoms. The Morgan fingerprint density at radius 1 is 0.708 bits per heavy atom. The molecule has 8 nitrogen and oxygen atoms in total. The number of benzene rings is 1. The van der Waals surface area contributed by atoms with E-state index in [-0.39, 0.29) is 41.5 Å². The molecule has 5 N–H and O–H groups in total. The van der Waals surface area contributed by atoms with E-state index in [1.807, 2.05) is 53.7 Å². The highest BCUT2D eigenvalue weighted by molar-refractivity contribution is 6.23. The van der Waals surface area contributed by atoms with E-state index in [0.717, 1.165) is 43.8 Å². The Labute approximate surface area is 285 Å². The molecule has 2 rings (SSSR count). The van der Waals surface area contributed by atoms with Crippen LogP contribution in [0.25, 0.3) is 0 Å². The zero-order chi connectivity index (χ0) is 36.5. The molecule has 1 unspecified atom stereocenters. The Morgan fingerprint density at radius 3 is 1.73 bits per heavy atom. The molecule has 0 fully saturated rings. The molecule has 0 bridgehead atoms. The van der Waals surface area contributed by atoms with Crippen LogP contribution in [0.2, 0.25) is 0 Å². The topological polar surface area (TPSA) is 152 Å². The first-order valence-electron chi connectivity index (χ1n) is 16.7. The van der Waals surface area contributed by atoms with Crippen LogP contribution >= 0.6 is 0 Å². The largest absolute Gasteiger partial charge is 0.511 e. The van der Waals surface area contributed by atoms with Gasteiger partial charge in [-0.25, -0.2) is 0 Å². The highest BCUT2D eigenvalue weighted by atomic mass is 16.3. The summed E-state index contributed by atoms with van der Waals surface area (Å²) in [4.78, 5) is 39.6. The quantitative estimate of drug-likeness (QED) is 0.0667. The first-order valence-corrected chi connectivity index (χ1v) is 16.7. The molecule has 1 aromatic carbocycles. The molecule has 1 aliphatic rings. The van der Waals surface area contributed by atoms with Crippen molar-refractivity contribution >= 4 is 17.3 Å². The van der Waals surface area contributed by atoms with Crippen molar-refractivity contribution in [3.8, 4) is 17.2 Å². The summed E-state index contributed by atoms with van der Waals surface area (Å²) in [5, 5.41) is 56.9. The van der Waals surface area contributed by atoms with Crippen LogP contribution in [-0.2, 0) is 22.4 Å². The van der Waals surface area contributed by atoms with Gasteiger partial charge in [-0.15, -0.1) is 0 Å². The molecule has 0 saturated carbocycles. The lowest BCUT2D eigenvalue weighted by Gasteiger charge is -2.33. The number of carbonyl (C=O) groups excluding carboxylic acids is 3. The predicted octanol–water partition coefficient (Wildman–Crippen LogP) is 9.45. The van der Waals surface area contributed by atoms with Crippen LogP contribution in [0.4, 0.5) is 0 Å². The zero-order valence-corrected chi connectivity index (χ0v) is 30.1. The van der Waals surface area contributed by atoms with Gasteiger partial charge in [0.05, 0.1) is 5.41 Å². The minimum atomic E-state index is -1.63. The molecule has 0 aromatic heterocycles. The Bertz CT molecular complexity index is 1620. The van der Waals surface area contributed by atoms with E-state index in [2.05, 4.69) is 12.2 Å². The van der Waals surface area contributed by atoms with E-state index in [1.54, 1.807) is 6.92 Å². The van der Waals surface area contributed by atoms with E-state index in [4.69, 9.17) is 0 Å². The number of hydrogen-bond donors (Lipinski definition) is 5. The van der Waals surface area contributed by atoms with Gasteiger partial charge in [-0.05, 0) is 100 Å². The summed E-state index contributed by atoms with van der Waals surface area (Å²) in [6.45, 7) is 16.3. The summed E-state index contributed by atoms with van der Waals surface area (Å²) in [6.07, 6.45) is 10.9. The van der Waals surface area contributed by atoms with E-state index in [0.29, 0.717) is 6.42 Å². The maximum absolute atomic E-state index is 13.7. The van der Waals surface area contributed by atoms with Crippen molar-refractivity contribution in [3.63, 3.8) is 0 Å². The van der Waals surface area contributed by atoms with Crippen molar-refractivity contribution in [2.75, 3.05) is 0 Å². The van der Waals surface area contributed by atoms with Gasteiger partial charge in [0.25, 0.3) is 0 Å². The molecule has 0 aliphatic heterocycles. The van der Waals surface area contributed by atoms with Crippen molar-refractivity contribution in [3.05, 3.63) is 86.0 Å². The Morgan fingerprint density at radius 2 is 1.23 bits per heavy atom. The first-order chi connectivity index (χ1) is 22.4. The maximum atomic E-state index is 13.7. The number of aliphatic hydroxyl groups excluding tert-OH is 2. The van der Waals surface area contributed by atoms with Gasteiger partial charge < -0.3 is 25.5 Å². The molecule has 1 aromatic rings. The highest BCUT2D eigenvalue weighted by Gasteiger charge is 2.47. The summed E-state index contributed by atoms with van der Waals surface area (Å²) in [5.41, 5.74) is 1.40. The number of carbonyl (C=O) groups is 3. The van der Waals surface area contributed by atoms with Gasteiger partial charge in [0.1, 0.15) is 39.9 Å². The number of rotatable bonds is 16. The Hall–Kier alpha value is -4.33. The SMILES string of the molecule is CCCC(=O)c1c(O)c(C/C=C(\C)CCC=C(C)C)c(O)c(CC2=C(O)C(C)(C/C=C(\C)CCC=C(C)C)C(=O)C(C(C)=O)=C2O)c1O. The highest BCUT2D eigenvalue weighted by Crippen LogP contribution is 2.48. The molecule has 262 valence electrons. The van der Waals surface area contributed by atoms with Crippen molar-refractivity contribution in [1.29, 1.82) is 0 Å². The van der Waals surface area contributed by atoms with Crippen LogP contribution in [0.5, 0.6) is 17.2 Å². The molecule has 1 aliphatic carbocycles. The van der Waals surface area contributed by atoms with Gasteiger partial charge in [0.15, 0.2) is 17.3 Å². The molecular weight excluding hydrogens is 608 g/mol. The van der Waals surface area contributed by atoms with Crippen molar-refractivity contribution < 1.29 is 39.9 Å². The standard InChI is InChI=1S/C40H54O8/c1-10-13-31(42)33-35(44)28(19-18-25(6)16-11-14-23(2)3)34(43)29(36(33)45)22-30-37(46)32(27(8)41)39(48)40(9,38(30)47)21-20-26(7)17-12-15-24(4)5/h14-15,18,20,43-47H,10-13,16-17,19,21-22H2,1-9H3/b25-18+,26-20+.